The van der Waals surface area contributed by atoms with Gasteiger partial charge in [0.25, 0.3) is 0 Å². The van der Waals surface area contributed by atoms with E-state index in [-0.39, 0.29) is 18.9 Å². The van der Waals surface area contributed by atoms with E-state index in [9.17, 15) is 61.0 Å². The summed E-state index contributed by atoms with van der Waals surface area (Å²) in [6.07, 6.45) is 19.3. The molecule has 0 spiro atoms. The van der Waals surface area contributed by atoms with Crippen LogP contribution in [-0.4, -0.2) is 193 Å². The molecule has 3 aliphatic heterocycles. The van der Waals surface area contributed by atoms with Crippen molar-refractivity contribution in [1.29, 1.82) is 0 Å². The fourth-order valence-electron chi connectivity index (χ4n) is 9.43. The Balaban J connectivity index is 1.49. The van der Waals surface area contributed by atoms with Gasteiger partial charge in [-0.15, -0.1) is 0 Å². The van der Waals surface area contributed by atoms with Crippen molar-refractivity contribution in [2.45, 2.75) is 272 Å². The highest BCUT2D eigenvalue weighted by atomic mass is 16.8. The molecule has 17 unspecified atom stereocenters. The molecule has 3 aliphatic rings. The van der Waals surface area contributed by atoms with Gasteiger partial charge in [-0.25, -0.2) is 0 Å². The summed E-state index contributed by atoms with van der Waals surface area (Å²) in [7, 11) is 0. The smallest absolute Gasteiger partial charge is 0.220 e. The summed E-state index contributed by atoms with van der Waals surface area (Å²) < 4.78 is 34.1. The van der Waals surface area contributed by atoms with Crippen LogP contribution in [0.25, 0.3) is 0 Å². The Labute approximate surface area is 458 Å². The zero-order valence-corrected chi connectivity index (χ0v) is 46.2. The van der Waals surface area contributed by atoms with Crippen molar-refractivity contribution in [2.75, 3.05) is 26.4 Å². The molecule has 3 heterocycles. The number of nitrogens with one attached hydrogen (secondary N) is 1. The van der Waals surface area contributed by atoms with Gasteiger partial charge in [0.15, 0.2) is 18.9 Å². The van der Waals surface area contributed by atoms with Crippen LogP contribution in [0.15, 0.2) is 60.8 Å². The van der Waals surface area contributed by atoms with Gasteiger partial charge >= 0.3 is 0 Å². The van der Waals surface area contributed by atoms with Crippen LogP contribution in [0.1, 0.15) is 168 Å². The summed E-state index contributed by atoms with van der Waals surface area (Å²) >= 11 is 0. The van der Waals surface area contributed by atoms with Crippen LogP contribution in [0, 0.1) is 0 Å². The van der Waals surface area contributed by atoms with Crippen molar-refractivity contribution in [3.8, 4) is 0 Å². The summed E-state index contributed by atoms with van der Waals surface area (Å²) in [5.41, 5.74) is 0. The molecular formula is C58H101NO18. The number of rotatable bonds is 41. The number of hydrogen-bond acceptors (Lipinski definition) is 18. The minimum atomic E-state index is -1.98. The Hall–Kier alpha value is -2.51. The highest BCUT2D eigenvalue weighted by Gasteiger charge is 2.53. The fourth-order valence-corrected chi connectivity index (χ4v) is 9.43. The number of hydrogen-bond donors (Lipinski definition) is 12. The summed E-state index contributed by atoms with van der Waals surface area (Å²) in [5, 5.41) is 120. The van der Waals surface area contributed by atoms with Gasteiger partial charge in [-0.2, -0.15) is 0 Å². The number of unbranched alkanes of at least 4 members (excludes halogenated alkanes) is 17. The van der Waals surface area contributed by atoms with Crippen LogP contribution in [0.4, 0.5) is 0 Å². The van der Waals surface area contributed by atoms with Gasteiger partial charge < -0.3 is 89.9 Å². The second-order valence-corrected chi connectivity index (χ2v) is 20.7. The van der Waals surface area contributed by atoms with Gasteiger partial charge in [0.2, 0.25) is 5.91 Å². The first kappa shape index (κ1) is 68.8. The van der Waals surface area contributed by atoms with Crippen LogP contribution < -0.4 is 5.32 Å². The number of carbonyl (C=O) groups is 1. The molecule has 1 amide bonds. The van der Waals surface area contributed by atoms with Crippen molar-refractivity contribution in [3.05, 3.63) is 60.8 Å². The van der Waals surface area contributed by atoms with Crippen molar-refractivity contribution in [3.63, 3.8) is 0 Å². The molecule has 17 atom stereocenters. The van der Waals surface area contributed by atoms with Crippen LogP contribution >= 0.6 is 0 Å². The molecule has 19 heteroatoms. The third kappa shape index (κ3) is 25.9. The Morgan fingerprint density at radius 1 is 0.468 bits per heavy atom. The maximum absolute atomic E-state index is 13.3. The first-order chi connectivity index (χ1) is 37.3. The number of allylic oxidation sites excluding steroid dienone is 9. The molecular weight excluding hydrogens is 999 g/mol. The average Bonchev–Trinajstić information content (AvgIpc) is 3.42. The highest BCUT2D eigenvalue weighted by Crippen LogP contribution is 2.33. The van der Waals surface area contributed by atoms with Gasteiger partial charge in [-0.3, -0.25) is 4.79 Å². The van der Waals surface area contributed by atoms with Gasteiger partial charge in [0.05, 0.1) is 38.6 Å². The Morgan fingerprint density at radius 3 is 1.42 bits per heavy atom. The lowest BCUT2D eigenvalue weighted by atomic mass is 9.96. The zero-order chi connectivity index (χ0) is 56.2. The molecule has 0 saturated carbocycles. The molecule has 19 nitrogen and oxygen atoms in total. The second-order valence-electron chi connectivity index (χ2n) is 20.7. The van der Waals surface area contributed by atoms with E-state index in [0.29, 0.717) is 12.8 Å². The van der Waals surface area contributed by atoms with Gasteiger partial charge in [0.1, 0.15) is 73.2 Å². The maximum atomic E-state index is 13.3. The topological polar surface area (TPSA) is 307 Å². The molecule has 0 aromatic rings. The van der Waals surface area contributed by atoms with Crippen molar-refractivity contribution in [2.24, 2.45) is 0 Å². The predicted molar refractivity (Wildman–Crippen MR) is 291 cm³/mol. The minimum Gasteiger partial charge on any atom is -0.394 e. The first-order valence-corrected chi connectivity index (χ1v) is 29.0. The third-order valence-electron chi connectivity index (χ3n) is 14.2. The largest absolute Gasteiger partial charge is 0.394 e. The van der Waals surface area contributed by atoms with Crippen LogP contribution in [0.5, 0.6) is 0 Å². The van der Waals surface area contributed by atoms with Gasteiger partial charge in [-0.1, -0.05) is 152 Å². The van der Waals surface area contributed by atoms with Crippen LogP contribution in [0.2, 0.25) is 0 Å². The molecule has 0 bridgehead atoms. The Kier molecular flexibility index (Phi) is 37.0. The highest BCUT2D eigenvalue weighted by molar-refractivity contribution is 5.76. The minimum absolute atomic E-state index is 0.224. The summed E-state index contributed by atoms with van der Waals surface area (Å²) in [5.74, 6) is -0.299. The molecule has 446 valence electrons. The van der Waals surface area contributed by atoms with E-state index < -0.39 is 124 Å². The molecule has 0 aromatic heterocycles. The normalized spacial score (nSPS) is 31.2. The molecule has 3 fully saturated rings. The van der Waals surface area contributed by atoms with E-state index in [1.54, 1.807) is 6.08 Å². The lowest BCUT2D eigenvalue weighted by Gasteiger charge is -2.48. The van der Waals surface area contributed by atoms with E-state index in [4.69, 9.17) is 28.4 Å². The molecule has 77 heavy (non-hydrogen) atoms. The maximum Gasteiger partial charge on any atom is 0.220 e. The van der Waals surface area contributed by atoms with E-state index in [0.717, 1.165) is 70.6 Å². The van der Waals surface area contributed by atoms with Crippen molar-refractivity contribution < 1.29 is 89.4 Å². The van der Waals surface area contributed by atoms with Crippen molar-refractivity contribution in [1.82, 2.24) is 5.32 Å². The summed E-state index contributed by atoms with van der Waals surface area (Å²) in [4.78, 5) is 13.3. The van der Waals surface area contributed by atoms with E-state index in [1.807, 2.05) is 6.08 Å². The second kappa shape index (κ2) is 41.5. The van der Waals surface area contributed by atoms with E-state index in [1.165, 1.54) is 64.2 Å². The number of amides is 1. The molecule has 0 aliphatic carbocycles. The third-order valence-corrected chi connectivity index (χ3v) is 14.2. The zero-order valence-electron chi connectivity index (χ0n) is 46.2. The quantitative estimate of drug-likeness (QED) is 0.0297. The van der Waals surface area contributed by atoms with Crippen LogP contribution in [-0.2, 0) is 33.2 Å². The molecule has 12 N–H and O–H groups in total. The van der Waals surface area contributed by atoms with Crippen LogP contribution in [0.3, 0.4) is 0 Å². The Morgan fingerprint density at radius 2 is 0.896 bits per heavy atom. The lowest BCUT2D eigenvalue weighted by molar-refractivity contribution is -0.379. The predicted octanol–water partition coefficient (Wildman–Crippen LogP) is 4.48. The number of ether oxygens (including phenoxy) is 6. The Bertz CT molecular complexity index is 1650. The van der Waals surface area contributed by atoms with Gasteiger partial charge in [0, 0.05) is 6.42 Å². The fraction of sp³-hybridized carbons (Fsp3) is 0.810. The number of aliphatic hydroxyl groups is 11. The van der Waals surface area contributed by atoms with E-state index in [2.05, 4.69) is 67.8 Å². The van der Waals surface area contributed by atoms with E-state index >= 15 is 0 Å². The van der Waals surface area contributed by atoms with Crippen molar-refractivity contribution >= 4 is 5.91 Å². The monoisotopic (exact) mass is 1100 g/mol. The summed E-state index contributed by atoms with van der Waals surface area (Å²) in [6.45, 7) is 1.57. The molecule has 0 radical (unpaired) electrons. The first-order valence-electron chi connectivity index (χ1n) is 29.0. The number of carbonyl (C=O) groups excluding carboxylic acids is 1. The SMILES string of the molecule is CCC/C=C/CC/C=C/CC/C=C/C(O)C(COC1OC(CO)C(OC2OC(CO)C(OC3OC(CO)C(O)C(O)C3O)C(O)C2O)C(O)C1O)NC(=O)CCCCCCCCCCC/C=C\C/C=C\CCCCCCC. The average molecular weight is 1100 g/mol. The lowest BCUT2D eigenvalue weighted by Crippen LogP contribution is -2.66. The molecule has 0 aromatic carbocycles. The molecule has 3 saturated heterocycles. The summed E-state index contributed by atoms with van der Waals surface area (Å²) in [6, 6.07) is -0.998. The number of aliphatic hydroxyl groups excluding tert-OH is 11. The van der Waals surface area contributed by atoms with Gasteiger partial charge in [-0.05, 0) is 70.6 Å². The molecule has 3 rings (SSSR count). The standard InChI is InChI=1S/C58H101NO18/c1-3-5-7-9-11-13-15-16-17-18-19-20-21-22-23-24-26-28-30-32-34-36-46(64)59-41(42(63)35-33-31-29-27-25-14-12-10-8-6-4-2)40-72-56-52(70)49(67)54(44(38-61)74-56)77-58-53(71)50(68)55(45(39-62)75-58)76-57-51(69)48(66)47(65)43(37-60)73-57/h8,10,15-16,18-19,25,27,33,35,41-45,47-58,60-63,65-71H,3-7,9,11-14,17,20-24,26,28-32,34,36-40H2,1-2H3,(H,59,64)/b10-8+,16-15-,19-18-,27-25+,35-33+.